The van der Waals surface area contributed by atoms with E-state index in [1.165, 1.54) is 0 Å². The Morgan fingerprint density at radius 3 is 2.41 bits per heavy atom. The third kappa shape index (κ3) is 3.84. The summed E-state index contributed by atoms with van der Waals surface area (Å²) in [5.74, 6) is -2.49. The number of carboxylic acids is 1. The van der Waals surface area contributed by atoms with Crippen LogP contribution in [0.25, 0.3) is 0 Å². The minimum absolute atomic E-state index is 0.0468. The summed E-state index contributed by atoms with van der Waals surface area (Å²) in [7, 11) is 0. The van der Waals surface area contributed by atoms with Crippen LogP contribution in [0, 0.1) is 18.8 Å². The fourth-order valence-electron chi connectivity index (χ4n) is 2.64. The molecule has 4 nitrogen and oxygen atoms in total. The van der Waals surface area contributed by atoms with Crippen molar-refractivity contribution in [3.8, 4) is 0 Å². The Hall–Kier alpha value is -0.590. The molecule has 1 fully saturated rings. The van der Waals surface area contributed by atoms with Gasteiger partial charge in [-0.05, 0) is 37.5 Å². The van der Waals surface area contributed by atoms with Gasteiger partial charge in [0.15, 0.2) is 0 Å². The van der Waals surface area contributed by atoms with Gasteiger partial charge in [0.1, 0.15) is 0 Å². The van der Waals surface area contributed by atoms with E-state index in [-0.39, 0.29) is 15.6 Å². The van der Waals surface area contributed by atoms with Crippen molar-refractivity contribution in [1.82, 2.24) is 0 Å². The lowest BCUT2D eigenvalue weighted by Crippen LogP contribution is -2.42. The molecule has 1 aliphatic carbocycles. The number of nitrogens with one attached hydrogen (secondary N) is 1. The van der Waals surface area contributed by atoms with Gasteiger partial charge in [0.05, 0.1) is 11.8 Å². The topological polar surface area (TPSA) is 66.4 Å². The third-order valence-electron chi connectivity index (χ3n) is 4.02. The number of halogens is 3. The van der Waals surface area contributed by atoms with Crippen molar-refractivity contribution in [2.45, 2.75) is 29.4 Å². The minimum Gasteiger partial charge on any atom is -0.481 e. The molecule has 1 amide bonds. The van der Waals surface area contributed by atoms with Gasteiger partial charge < -0.3 is 10.4 Å². The Labute approximate surface area is 150 Å². The van der Waals surface area contributed by atoms with E-state index in [9.17, 15) is 14.7 Å². The molecule has 0 aliphatic heterocycles. The standard InChI is InChI=1S/C15H16Br2ClNO3/c1-7-12(18)3-2-4-13(7)19-14(20)8-5-10(16)11(17)6-9(8)15(21)22/h2-4,8-11H,5-6H2,1H3,(H,19,20)(H,21,22)/t8-,9-,10-,11+/m0/s1. The molecule has 22 heavy (non-hydrogen) atoms. The fourth-order valence-corrected chi connectivity index (χ4v) is 4.05. The van der Waals surface area contributed by atoms with Gasteiger partial charge in [-0.2, -0.15) is 0 Å². The average Bonchev–Trinajstić information content (AvgIpc) is 2.46. The number of alkyl halides is 2. The maximum Gasteiger partial charge on any atom is 0.307 e. The summed E-state index contributed by atoms with van der Waals surface area (Å²) in [6, 6.07) is 5.26. The Kier molecular flexibility index (Phi) is 5.91. The van der Waals surface area contributed by atoms with E-state index in [2.05, 4.69) is 37.2 Å². The molecule has 2 rings (SSSR count). The zero-order chi connectivity index (χ0) is 16.4. The summed E-state index contributed by atoms with van der Waals surface area (Å²) in [6.45, 7) is 1.81. The van der Waals surface area contributed by atoms with Crippen molar-refractivity contribution < 1.29 is 14.7 Å². The van der Waals surface area contributed by atoms with E-state index >= 15 is 0 Å². The number of rotatable bonds is 3. The molecule has 7 heteroatoms. The van der Waals surface area contributed by atoms with Crippen molar-refractivity contribution in [2.24, 2.45) is 11.8 Å². The van der Waals surface area contributed by atoms with Crippen LogP contribution in [0.2, 0.25) is 5.02 Å². The van der Waals surface area contributed by atoms with Crippen LogP contribution >= 0.6 is 43.5 Å². The van der Waals surface area contributed by atoms with E-state index in [0.717, 1.165) is 5.56 Å². The van der Waals surface area contributed by atoms with Crippen LogP contribution in [0.3, 0.4) is 0 Å². The van der Waals surface area contributed by atoms with Crippen molar-refractivity contribution in [2.75, 3.05) is 5.32 Å². The van der Waals surface area contributed by atoms with E-state index in [0.29, 0.717) is 23.6 Å². The average molecular weight is 454 g/mol. The molecule has 0 aromatic heterocycles. The largest absolute Gasteiger partial charge is 0.481 e. The molecule has 0 unspecified atom stereocenters. The van der Waals surface area contributed by atoms with Crippen LogP contribution in [0.5, 0.6) is 0 Å². The van der Waals surface area contributed by atoms with Gasteiger partial charge in [0, 0.05) is 20.4 Å². The van der Waals surface area contributed by atoms with Gasteiger partial charge in [-0.25, -0.2) is 0 Å². The first-order valence-electron chi connectivity index (χ1n) is 6.88. The molecule has 0 saturated heterocycles. The van der Waals surface area contributed by atoms with E-state index in [1.807, 2.05) is 6.92 Å². The molecule has 0 heterocycles. The quantitative estimate of drug-likeness (QED) is 0.674. The smallest absolute Gasteiger partial charge is 0.307 e. The number of anilines is 1. The highest BCUT2D eigenvalue weighted by atomic mass is 79.9. The molecule has 120 valence electrons. The van der Waals surface area contributed by atoms with Crippen molar-refractivity contribution in [3.63, 3.8) is 0 Å². The van der Waals surface area contributed by atoms with Crippen molar-refractivity contribution >= 4 is 61.0 Å². The summed E-state index contributed by atoms with van der Waals surface area (Å²) in [5, 5.41) is 12.8. The van der Waals surface area contributed by atoms with Gasteiger partial charge in [0.25, 0.3) is 0 Å². The van der Waals surface area contributed by atoms with Crippen LogP contribution < -0.4 is 5.32 Å². The lowest BCUT2D eigenvalue weighted by atomic mass is 9.78. The van der Waals surface area contributed by atoms with E-state index in [4.69, 9.17) is 11.6 Å². The van der Waals surface area contributed by atoms with Crippen molar-refractivity contribution in [3.05, 3.63) is 28.8 Å². The predicted molar refractivity (Wildman–Crippen MR) is 94.1 cm³/mol. The lowest BCUT2D eigenvalue weighted by Gasteiger charge is -2.34. The summed E-state index contributed by atoms with van der Waals surface area (Å²) >= 11 is 13.0. The molecule has 0 bridgehead atoms. The molecule has 4 atom stereocenters. The zero-order valence-corrected chi connectivity index (χ0v) is 15.8. The predicted octanol–water partition coefficient (Wildman–Crippen LogP) is 4.22. The number of aliphatic carboxylic acids is 1. The molecule has 1 aromatic rings. The summed E-state index contributed by atoms with van der Waals surface area (Å²) < 4.78 is 0. The number of carboxylic acid groups (broad SMARTS) is 1. The first kappa shape index (κ1) is 17.8. The Morgan fingerprint density at radius 1 is 1.23 bits per heavy atom. The van der Waals surface area contributed by atoms with E-state index < -0.39 is 17.8 Å². The summed E-state index contributed by atoms with van der Waals surface area (Å²) in [5.41, 5.74) is 1.39. The second-order valence-electron chi connectivity index (χ2n) is 5.46. The highest BCUT2D eigenvalue weighted by Gasteiger charge is 2.42. The number of carbonyl (C=O) groups is 2. The van der Waals surface area contributed by atoms with Crippen LogP contribution in [0.1, 0.15) is 18.4 Å². The molecular formula is C15H16Br2ClNO3. The molecule has 1 aliphatic rings. The lowest BCUT2D eigenvalue weighted by molar-refractivity contribution is -0.147. The van der Waals surface area contributed by atoms with Gasteiger partial charge in [-0.15, -0.1) is 0 Å². The highest BCUT2D eigenvalue weighted by Crippen LogP contribution is 2.38. The van der Waals surface area contributed by atoms with Gasteiger partial charge in [-0.3, -0.25) is 9.59 Å². The Bertz CT molecular complexity index is 596. The minimum atomic E-state index is -0.938. The molecule has 1 aromatic carbocycles. The first-order chi connectivity index (χ1) is 10.3. The van der Waals surface area contributed by atoms with Crippen LogP contribution in [0.4, 0.5) is 5.69 Å². The Balaban J connectivity index is 2.19. The van der Waals surface area contributed by atoms with Crippen LogP contribution in [0.15, 0.2) is 18.2 Å². The van der Waals surface area contributed by atoms with Gasteiger partial charge >= 0.3 is 5.97 Å². The van der Waals surface area contributed by atoms with Gasteiger partial charge in [0.2, 0.25) is 5.91 Å². The highest BCUT2D eigenvalue weighted by molar-refractivity contribution is 9.12. The number of benzene rings is 1. The first-order valence-corrected chi connectivity index (χ1v) is 9.09. The number of hydrogen-bond donors (Lipinski definition) is 2. The van der Waals surface area contributed by atoms with E-state index in [1.54, 1.807) is 18.2 Å². The summed E-state index contributed by atoms with van der Waals surface area (Å²) in [4.78, 5) is 24.1. The third-order valence-corrected chi connectivity index (χ3v) is 7.16. The number of carbonyl (C=O) groups excluding carboxylic acids is 1. The molecule has 1 saturated carbocycles. The SMILES string of the molecule is Cc1c(Cl)cccc1NC(=O)[C@H]1C[C@H](Br)[C@H](Br)C[C@@H]1C(=O)O. The van der Waals surface area contributed by atoms with Crippen LogP contribution in [-0.2, 0) is 9.59 Å². The molecular weight excluding hydrogens is 437 g/mol. The second-order valence-corrected chi connectivity index (χ2v) is 8.22. The maximum absolute atomic E-state index is 12.5. The molecule has 2 N–H and O–H groups in total. The molecule has 0 spiro atoms. The number of hydrogen-bond acceptors (Lipinski definition) is 2. The normalized spacial score (nSPS) is 28.2. The van der Waals surface area contributed by atoms with Crippen LogP contribution in [-0.4, -0.2) is 26.6 Å². The maximum atomic E-state index is 12.5. The monoisotopic (exact) mass is 451 g/mol. The molecule has 0 radical (unpaired) electrons. The van der Waals surface area contributed by atoms with Crippen molar-refractivity contribution in [1.29, 1.82) is 0 Å². The van der Waals surface area contributed by atoms with Gasteiger partial charge in [-0.1, -0.05) is 49.5 Å². The fraction of sp³-hybridized carbons (Fsp3) is 0.467. The second kappa shape index (κ2) is 7.32. The summed E-state index contributed by atoms with van der Waals surface area (Å²) in [6.07, 6.45) is 0.885. The number of amides is 1. The Morgan fingerprint density at radius 2 is 1.82 bits per heavy atom. The zero-order valence-electron chi connectivity index (χ0n) is 11.9.